The van der Waals surface area contributed by atoms with Gasteiger partial charge < -0.3 is 19.3 Å². The topological polar surface area (TPSA) is 47.9 Å². The molecule has 0 radical (unpaired) electrons. The van der Waals surface area contributed by atoms with E-state index in [2.05, 4.69) is 26.0 Å². The van der Waals surface area contributed by atoms with Crippen molar-refractivity contribution in [2.45, 2.75) is 32.3 Å². The van der Waals surface area contributed by atoms with Crippen molar-refractivity contribution in [3.05, 3.63) is 58.7 Å². The third kappa shape index (κ3) is 2.62. The highest BCUT2D eigenvalue weighted by atomic mass is 16.5. The Hall–Kier alpha value is -2.62. The third-order valence-electron chi connectivity index (χ3n) is 4.91. The van der Waals surface area contributed by atoms with Gasteiger partial charge in [-0.05, 0) is 38.5 Å². The van der Waals surface area contributed by atoms with Crippen LogP contribution in [0.15, 0.2) is 42.0 Å². The van der Waals surface area contributed by atoms with Crippen LogP contribution in [0, 0.1) is 0 Å². The maximum atomic E-state index is 9.69. The Labute approximate surface area is 147 Å². The summed E-state index contributed by atoms with van der Waals surface area (Å²) in [6.07, 6.45) is 2.88. The van der Waals surface area contributed by atoms with Crippen molar-refractivity contribution >= 4 is 0 Å². The molecule has 0 fully saturated rings. The average molecular weight is 338 g/mol. The van der Waals surface area contributed by atoms with Gasteiger partial charge in [0, 0.05) is 22.8 Å². The number of benzene rings is 2. The zero-order valence-corrected chi connectivity index (χ0v) is 14.7. The van der Waals surface area contributed by atoms with Gasteiger partial charge in [0.15, 0.2) is 0 Å². The van der Waals surface area contributed by atoms with Gasteiger partial charge in [0.05, 0.1) is 19.6 Å². The molecule has 0 saturated heterocycles. The number of hydrogen-bond acceptors (Lipinski definition) is 4. The summed E-state index contributed by atoms with van der Waals surface area (Å²) in [5, 5.41) is 9.69. The van der Waals surface area contributed by atoms with Crippen LogP contribution in [-0.4, -0.2) is 18.8 Å². The molecule has 2 aliphatic heterocycles. The standard InChI is InChI=1S/C21H22O4/c1-12(2)4-6-15-18(23-3)9-8-14-17-11-24-19-10-13(22)5-7-16(19)21(17)25-20(14)15/h4-5,7-10,17,21-22H,6,11H2,1-3H3/t17-,21+/m1/s1. The van der Waals surface area contributed by atoms with Crippen LogP contribution >= 0.6 is 0 Å². The Kier molecular flexibility index (Phi) is 3.83. The van der Waals surface area contributed by atoms with Gasteiger partial charge in [-0.25, -0.2) is 0 Å². The molecular formula is C21H22O4. The summed E-state index contributed by atoms with van der Waals surface area (Å²) in [4.78, 5) is 0. The van der Waals surface area contributed by atoms with Crippen molar-refractivity contribution in [1.29, 1.82) is 0 Å². The van der Waals surface area contributed by atoms with Gasteiger partial charge >= 0.3 is 0 Å². The first kappa shape index (κ1) is 15.9. The molecular weight excluding hydrogens is 316 g/mol. The van der Waals surface area contributed by atoms with Crippen LogP contribution in [-0.2, 0) is 6.42 Å². The number of phenolic OH excluding ortho intramolecular Hbond substituents is 1. The molecule has 130 valence electrons. The van der Waals surface area contributed by atoms with Crippen molar-refractivity contribution in [3.63, 3.8) is 0 Å². The summed E-state index contributed by atoms with van der Waals surface area (Å²) in [5.41, 5.74) is 4.49. The van der Waals surface area contributed by atoms with Crippen LogP contribution in [0.1, 0.15) is 42.6 Å². The molecule has 4 nitrogen and oxygen atoms in total. The maximum absolute atomic E-state index is 9.69. The van der Waals surface area contributed by atoms with Crippen molar-refractivity contribution in [1.82, 2.24) is 0 Å². The predicted molar refractivity (Wildman–Crippen MR) is 95.8 cm³/mol. The second-order valence-electron chi connectivity index (χ2n) is 6.83. The van der Waals surface area contributed by atoms with Crippen molar-refractivity contribution in [3.8, 4) is 23.0 Å². The average Bonchev–Trinajstić information content (AvgIpc) is 2.98. The highest BCUT2D eigenvalue weighted by Gasteiger charge is 2.42. The van der Waals surface area contributed by atoms with Crippen LogP contribution in [0.2, 0.25) is 0 Å². The van der Waals surface area contributed by atoms with Crippen molar-refractivity contribution in [2.75, 3.05) is 13.7 Å². The first-order valence-corrected chi connectivity index (χ1v) is 8.54. The number of rotatable bonds is 3. The number of ether oxygens (including phenoxy) is 3. The minimum atomic E-state index is -0.0862. The molecule has 2 heterocycles. The largest absolute Gasteiger partial charge is 0.508 e. The Bertz CT molecular complexity index is 849. The van der Waals surface area contributed by atoms with Crippen molar-refractivity contribution in [2.24, 2.45) is 0 Å². The van der Waals surface area contributed by atoms with Crippen LogP contribution in [0.3, 0.4) is 0 Å². The molecule has 4 rings (SSSR count). The molecule has 0 amide bonds. The SMILES string of the molecule is COc1ccc2c(c1CC=C(C)C)O[C@H]1c3ccc(O)cc3OC[C@H]21. The molecule has 0 spiro atoms. The van der Waals surface area contributed by atoms with Gasteiger partial charge in [-0.1, -0.05) is 17.7 Å². The van der Waals surface area contributed by atoms with E-state index in [1.807, 2.05) is 12.1 Å². The second kappa shape index (κ2) is 6.03. The summed E-state index contributed by atoms with van der Waals surface area (Å²) >= 11 is 0. The molecule has 2 atom stereocenters. The summed E-state index contributed by atoms with van der Waals surface area (Å²) < 4.78 is 17.9. The lowest BCUT2D eigenvalue weighted by Crippen LogP contribution is -2.22. The minimum absolute atomic E-state index is 0.0862. The van der Waals surface area contributed by atoms with Gasteiger partial charge in [0.2, 0.25) is 0 Å². The van der Waals surface area contributed by atoms with Gasteiger partial charge in [0.1, 0.15) is 29.1 Å². The maximum Gasteiger partial charge on any atom is 0.138 e. The monoisotopic (exact) mass is 338 g/mol. The molecule has 0 aliphatic carbocycles. The van der Waals surface area contributed by atoms with E-state index in [1.54, 1.807) is 19.2 Å². The molecule has 2 aromatic carbocycles. The Morgan fingerprint density at radius 2 is 2.04 bits per heavy atom. The van der Waals surface area contributed by atoms with E-state index in [1.165, 1.54) is 11.1 Å². The third-order valence-corrected chi connectivity index (χ3v) is 4.91. The number of aromatic hydroxyl groups is 1. The summed E-state index contributed by atoms with van der Waals surface area (Å²) in [5.74, 6) is 2.83. The highest BCUT2D eigenvalue weighted by molar-refractivity contribution is 5.57. The normalized spacial score (nSPS) is 19.8. The van der Waals surface area contributed by atoms with Gasteiger partial charge in [-0.15, -0.1) is 0 Å². The summed E-state index contributed by atoms with van der Waals surface area (Å²) in [6, 6.07) is 9.33. The molecule has 25 heavy (non-hydrogen) atoms. The smallest absolute Gasteiger partial charge is 0.138 e. The fraction of sp³-hybridized carbons (Fsp3) is 0.333. The number of methoxy groups -OCH3 is 1. The quantitative estimate of drug-likeness (QED) is 0.836. The lowest BCUT2D eigenvalue weighted by molar-refractivity contribution is 0.138. The Morgan fingerprint density at radius 1 is 1.24 bits per heavy atom. The number of hydrogen-bond donors (Lipinski definition) is 1. The zero-order valence-electron chi connectivity index (χ0n) is 14.7. The predicted octanol–water partition coefficient (Wildman–Crippen LogP) is 4.52. The molecule has 2 aromatic rings. The summed E-state index contributed by atoms with van der Waals surface area (Å²) in [6.45, 7) is 4.72. The van der Waals surface area contributed by atoms with E-state index >= 15 is 0 Å². The second-order valence-corrected chi connectivity index (χ2v) is 6.83. The molecule has 0 aromatic heterocycles. The van der Waals surface area contributed by atoms with Crippen LogP contribution in [0.5, 0.6) is 23.0 Å². The molecule has 1 N–H and O–H groups in total. The van der Waals surface area contributed by atoms with Gasteiger partial charge in [-0.3, -0.25) is 0 Å². The van der Waals surface area contributed by atoms with Crippen LogP contribution in [0.25, 0.3) is 0 Å². The van der Waals surface area contributed by atoms with Crippen LogP contribution < -0.4 is 14.2 Å². The number of fused-ring (bicyclic) bond motifs is 5. The van der Waals surface area contributed by atoms with Gasteiger partial charge in [0.25, 0.3) is 0 Å². The van der Waals surface area contributed by atoms with E-state index in [0.29, 0.717) is 12.4 Å². The van der Waals surface area contributed by atoms with E-state index < -0.39 is 0 Å². The fourth-order valence-electron chi connectivity index (χ4n) is 3.64. The Balaban J connectivity index is 1.78. The fourth-order valence-corrected chi connectivity index (χ4v) is 3.64. The first-order chi connectivity index (χ1) is 12.1. The van der Waals surface area contributed by atoms with Crippen LogP contribution in [0.4, 0.5) is 0 Å². The van der Waals surface area contributed by atoms with Gasteiger partial charge in [-0.2, -0.15) is 0 Å². The van der Waals surface area contributed by atoms with E-state index in [-0.39, 0.29) is 17.8 Å². The number of phenols is 1. The lowest BCUT2D eigenvalue weighted by atomic mass is 9.88. The first-order valence-electron chi connectivity index (χ1n) is 8.54. The van der Waals surface area contributed by atoms with E-state index in [9.17, 15) is 5.11 Å². The molecule has 0 bridgehead atoms. The highest BCUT2D eigenvalue weighted by Crippen LogP contribution is 2.53. The minimum Gasteiger partial charge on any atom is -0.508 e. The Morgan fingerprint density at radius 3 is 2.80 bits per heavy atom. The number of allylic oxidation sites excluding steroid dienone is 2. The molecule has 0 saturated carbocycles. The van der Waals surface area contributed by atoms with E-state index in [0.717, 1.165) is 29.0 Å². The molecule has 4 heteroatoms. The van der Waals surface area contributed by atoms with Crippen molar-refractivity contribution < 1.29 is 19.3 Å². The molecule has 2 aliphatic rings. The van der Waals surface area contributed by atoms with E-state index in [4.69, 9.17) is 14.2 Å². The summed E-state index contributed by atoms with van der Waals surface area (Å²) in [7, 11) is 1.69. The zero-order chi connectivity index (χ0) is 17.6. The molecule has 0 unspecified atom stereocenters. The lowest BCUT2D eigenvalue weighted by Gasteiger charge is -2.27.